The van der Waals surface area contributed by atoms with Gasteiger partial charge in [-0.1, -0.05) is 261 Å². The lowest BCUT2D eigenvalue weighted by Crippen LogP contribution is -2.30. The van der Waals surface area contributed by atoms with Crippen molar-refractivity contribution in [1.82, 2.24) is 0 Å². The van der Waals surface area contributed by atoms with Crippen molar-refractivity contribution in [3.05, 3.63) is 60.8 Å². The van der Waals surface area contributed by atoms with Crippen LogP contribution in [0.4, 0.5) is 0 Å². The number of hydrogen-bond acceptors (Lipinski definition) is 10. The third-order valence-corrected chi connectivity index (χ3v) is 14.9. The van der Waals surface area contributed by atoms with Crippen LogP contribution in [-0.4, -0.2) is 66.5 Å². The number of aliphatic hydroxyl groups is 1. The van der Waals surface area contributed by atoms with Crippen LogP contribution in [0.5, 0.6) is 0 Å². The highest BCUT2D eigenvalue weighted by molar-refractivity contribution is 7.47. The highest BCUT2D eigenvalue weighted by Gasteiger charge is 2.28. The number of ether oxygens (including phenoxy) is 3. The van der Waals surface area contributed by atoms with Gasteiger partial charge in [0.05, 0.1) is 19.8 Å². The lowest BCUT2D eigenvalue weighted by molar-refractivity contribution is -0.161. The molecule has 2 N–H and O–H groups in total. The van der Waals surface area contributed by atoms with Gasteiger partial charge in [-0.3, -0.25) is 23.4 Å². The summed E-state index contributed by atoms with van der Waals surface area (Å²) in [6.07, 6.45) is 67.5. The lowest BCUT2D eigenvalue weighted by Gasteiger charge is -2.21. The van der Waals surface area contributed by atoms with Crippen LogP contribution in [0.25, 0.3) is 0 Å². The maximum atomic E-state index is 13.0. The highest BCUT2D eigenvalue weighted by Crippen LogP contribution is 2.43. The molecule has 0 aromatic heterocycles. The van der Waals surface area contributed by atoms with Crippen molar-refractivity contribution in [2.45, 2.75) is 315 Å². The van der Waals surface area contributed by atoms with Gasteiger partial charge in [0, 0.05) is 19.3 Å². The Kier molecular flexibility index (Phi) is 58.1. The van der Waals surface area contributed by atoms with E-state index in [1.165, 1.54) is 161 Å². The van der Waals surface area contributed by atoms with Gasteiger partial charge in [-0.2, -0.15) is 0 Å². The molecule has 0 radical (unpaired) electrons. The molecule has 0 bridgehead atoms. The smallest absolute Gasteiger partial charge is 0.462 e. The zero-order valence-electron chi connectivity index (χ0n) is 50.4. The molecule has 0 aliphatic carbocycles. The standard InChI is InChI=1S/C66H119O11P/c1-4-7-10-13-16-19-22-25-28-30-31-33-36-39-42-45-48-51-54-57-66(70)77-63(59-73-64(68)55-52-49-46-43-40-37-35-32-29-26-23-20-17-14-11-8-5-2)61-75-78(71,72)74-60-62(58-67)76-65(69)56-53-50-47-44-41-38-34-27-24-21-18-15-12-9-6-3/h9,12,18,21,26-27,29,34,41,44,62-63,67H,4-8,10-11,13-17,19-20,22-25,28,30-33,35-40,42-43,45-61H2,1-3H3,(H,71,72)/b12-9-,21-18-,29-26-,34-27-,44-41-. The highest BCUT2D eigenvalue weighted by atomic mass is 31.2. The lowest BCUT2D eigenvalue weighted by atomic mass is 10.0. The minimum absolute atomic E-state index is 0.125. The summed E-state index contributed by atoms with van der Waals surface area (Å²) < 4.78 is 39.6. The number of phosphoric acid groups is 1. The predicted octanol–water partition coefficient (Wildman–Crippen LogP) is 19.5. The second-order valence-corrected chi connectivity index (χ2v) is 23.0. The van der Waals surface area contributed by atoms with E-state index in [1.807, 2.05) is 0 Å². The van der Waals surface area contributed by atoms with Crippen LogP contribution < -0.4 is 0 Å². The molecule has 78 heavy (non-hydrogen) atoms. The number of esters is 3. The second kappa shape index (κ2) is 60.3. The van der Waals surface area contributed by atoms with Crippen molar-refractivity contribution in [2.75, 3.05) is 26.4 Å². The summed E-state index contributed by atoms with van der Waals surface area (Å²) in [6.45, 7) is 4.53. The van der Waals surface area contributed by atoms with E-state index in [-0.39, 0.29) is 25.9 Å². The van der Waals surface area contributed by atoms with Gasteiger partial charge in [-0.25, -0.2) is 4.57 Å². The fourth-order valence-electron chi connectivity index (χ4n) is 9.05. The van der Waals surface area contributed by atoms with Gasteiger partial charge in [-0.05, 0) is 83.5 Å². The molecule has 0 heterocycles. The van der Waals surface area contributed by atoms with E-state index in [4.69, 9.17) is 23.3 Å². The molecule has 0 saturated carbocycles. The third-order valence-electron chi connectivity index (χ3n) is 13.9. The average molecular weight is 1120 g/mol. The van der Waals surface area contributed by atoms with Crippen molar-refractivity contribution in [1.29, 1.82) is 0 Å². The summed E-state index contributed by atoms with van der Waals surface area (Å²) in [5.74, 6) is -1.49. The van der Waals surface area contributed by atoms with Crippen molar-refractivity contribution in [3.63, 3.8) is 0 Å². The molecule has 0 fully saturated rings. The van der Waals surface area contributed by atoms with Gasteiger partial charge < -0.3 is 24.2 Å². The molecule has 11 nitrogen and oxygen atoms in total. The van der Waals surface area contributed by atoms with Crippen molar-refractivity contribution in [2.24, 2.45) is 0 Å². The van der Waals surface area contributed by atoms with Gasteiger partial charge in [0.25, 0.3) is 0 Å². The SMILES string of the molecule is CC/C=C\C/C=C\C/C=C\C/C=C\CCCCC(=O)OC(CO)COP(=O)(O)OCC(COC(=O)CCCCCCCCC/C=C\CCCCCCCC)OC(=O)CCCCCCCCCCCCCCCCCCCCC. The number of allylic oxidation sites excluding steroid dienone is 10. The molecule has 0 saturated heterocycles. The number of aliphatic hydroxyl groups excluding tert-OH is 1. The number of carbonyl (C=O) groups is 3. The number of phosphoric ester groups is 1. The van der Waals surface area contributed by atoms with Crippen LogP contribution in [0.15, 0.2) is 60.8 Å². The maximum Gasteiger partial charge on any atom is 0.472 e. The van der Waals surface area contributed by atoms with E-state index in [2.05, 4.69) is 81.5 Å². The van der Waals surface area contributed by atoms with E-state index in [0.29, 0.717) is 19.3 Å². The minimum atomic E-state index is -4.76. The largest absolute Gasteiger partial charge is 0.472 e. The Morgan fingerprint density at radius 3 is 1.06 bits per heavy atom. The molecule has 454 valence electrons. The van der Waals surface area contributed by atoms with Crippen LogP contribution >= 0.6 is 7.82 Å². The van der Waals surface area contributed by atoms with E-state index < -0.39 is 57.8 Å². The monoisotopic (exact) mass is 1120 g/mol. The number of unbranched alkanes of at least 4 members (excludes halogenated alkanes) is 33. The summed E-state index contributed by atoms with van der Waals surface area (Å²) in [5, 5.41) is 9.83. The fraction of sp³-hybridized carbons (Fsp3) is 0.803. The van der Waals surface area contributed by atoms with Gasteiger partial charge >= 0.3 is 25.7 Å². The van der Waals surface area contributed by atoms with E-state index >= 15 is 0 Å². The Bertz CT molecular complexity index is 1540. The van der Waals surface area contributed by atoms with E-state index in [9.17, 15) is 28.9 Å². The van der Waals surface area contributed by atoms with Gasteiger partial charge in [0.1, 0.15) is 12.7 Å². The van der Waals surface area contributed by atoms with E-state index in [0.717, 1.165) is 83.5 Å². The first kappa shape index (κ1) is 75.2. The number of rotatable bonds is 60. The molecule has 0 aliphatic rings. The predicted molar refractivity (Wildman–Crippen MR) is 325 cm³/mol. The molecule has 0 aliphatic heterocycles. The molecule has 0 spiro atoms. The van der Waals surface area contributed by atoms with Crippen molar-refractivity contribution < 1.29 is 52.2 Å². The third kappa shape index (κ3) is 57.9. The molecule has 0 rings (SSSR count). The average Bonchev–Trinajstić information content (AvgIpc) is 3.43. The van der Waals surface area contributed by atoms with Gasteiger partial charge in [0.2, 0.25) is 0 Å². The fourth-order valence-corrected chi connectivity index (χ4v) is 9.83. The minimum Gasteiger partial charge on any atom is -0.462 e. The first-order valence-electron chi connectivity index (χ1n) is 32.2. The summed E-state index contributed by atoms with van der Waals surface area (Å²) in [4.78, 5) is 48.7. The van der Waals surface area contributed by atoms with Crippen LogP contribution in [0.3, 0.4) is 0 Å². The Balaban J connectivity index is 4.72. The first-order chi connectivity index (χ1) is 38.2. The maximum absolute atomic E-state index is 13.0. The van der Waals surface area contributed by atoms with E-state index in [1.54, 1.807) is 0 Å². The Labute approximate surface area is 478 Å². The molecular formula is C66H119O11P. The molecule has 0 aromatic rings. The molecule has 12 heteroatoms. The zero-order valence-corrected chi connectivity index (χ0v) is 51.3. The summed E-state index contributed by atoms with van der Waals surface area (Å²) in [5.41, 5.74) is 0. The van der Waals surface area contributed by atoms with Crippen molar-refractivity contribution in [3.8, 4) is 0 Å². The second-order valence-electron chi connectivity index (χ2n) is 21.6. The van der Waals surface area contributed by atoms with Crippen LogP contribution in [0.2, 0.25) is 0 Å². The Hall–Kier alpha value is -2.82. The van der Waals surface area contributed by atoms with Crippen LogP contribution in [-0.2, 0) is 42.2 Å². The summed E-state index contributed by atoms with van der Waals surface area (Å²) in [7, 11) is -4.76. The van der Waals surface area contributed by atoms with Crippen LogP contribution in [0, 0.1) is 0 Å². The first-order valence-corrected chi connectivity index (χ1v) is 33.7. The van der Waals surface area contributed by atoms with Gasteiger partial charge in [-0.15, -0.1) is 0 Å². The van der Waals surface area contributed by atoms with Gasteiger partial charge in [0.15, 0.2) is 6.10 Å². The zero-order chi connectivity index (χ0) is 56.9. The molecule has 3 atom stereocenters. The Morgan fingerprint density at radius 2 is 0.667 bits per heavy atom. The number of carbonyl (C=O) groups excluding carboxylic acids is 3. The van der Waals surface area contributed by atoms with Crippen LogP contribution in [0.1, 0.15) is 303 Å². The summed E-state index contributed by atoms with van der Waals surface area (Å²) >= 11 is 0. The number of hydrogen-bond donors (Lipinski definition) is 2. The Morgan fingerprint density at radius 1 is 0.372 bits per heavy atom. The van der Waals surface area contributed by atoms with Crippen molar-refractivity contribution >= 4 is 25.7 Å². The normalized spacial score (nSPS) is 13.7. The molecule has 3 unspecified atom stereocenters. The molecular weight excluding hydrogens is 1000 g/mol. The molecule has 0 aromatic carbocycles. The topological polar surface area (TPSA) is 155 Å². The summed E-state index contributed by atoms with van der Waals surface area (Å²) in [6, 6.07) is 0. The quantitative estimate of drug-likeness (QED) is 0.0197. The molecule has 0 amide bonds.